The summed E-state index contributed by atoms with van der Waals surface area (Å²) in [6.07, 6.45) is 0. The first-order chi connectivity index (χ1) is 9.94. The molecular formula is C13H14BrN5OS. The normalized spacial score (nSPS) is 10.4. The van der Waals surface area contributed by atoms with Crippen LogP contribution in [-0.2, 0) is 4.79 Å². The molecule has 1 aromatic carbocycles. The molecule has 2 rings (SSSR count). The minimum atomic E-state index is -0.144. The zero-order valence-electron chi connectivity index (χ0n) is 11.3. The van der Waals surface area contributed by atoms with Gasteiger partial charge in [-0.05, 0) is 30.7 Å². The molecule has 110 valence electrons. The molecule has 0 aliphatic heterocycles. The lowest BCUT2D eigenvalue weighted by Gasteiger charge is -2.08. The van der Waals surface area contributed by atoms with Gasteiger partial charge in [0.1, 0.15) is 11.6 Å². The maximum atomic E-state index is 11.9. The molecule has 1 heterocycles. The fourth-order valence-electron chi connectivity index (χ4n) is 1.61. The Hall–Kier alpha value is -1.80. The lowest BCUT2D eigenvalue weighted by atomic mass is 10.2. The number of carbonyl (C=O) groups is 1. The van der Waals surface area contributed by atoms with Gasteiger partial charge in [-0.1, -0.05) is 27.7 Å². The van der Waals surface area contributed by atoms with Crippen molar-refractivity contribution in [3.05, 3.63) is 34.3 Å². The van der Waals surface area contributed by atoms with Crippen LogP contribution in [0.1, 0.15) is 5.56 Å². The molecule has 0 saturated carbocycles. The second kappa shape index (κ2) is 6.77. The predicted octanol–water partition coefficient (Wildman–Crippen LogP) is 2.44. The van der Waals surface area contributed by atoms with Crippen LogP contribution in [0.5, 0.6) is 0 Å². The summed E-state index contributed by atoms with van der Waals surface area (Å²) in [6, 6.07) is 7.12. The lowest BCUT2D eigenvalue weighted by molar-refractivity contribution is -0.113. The van der Waals surface area contributed by atoms with Crippen LogP contribution in [0.4, 0.5) is 17.3 Å². The van der Waals surface area contributed by atoms with Gasteiger partial charge in [-0.2, -0.15) is 0 Å². The number of amides is 1. The van der Waals surface area contributed by atoms with Crippen LogP contribution in [-0.4, -0.2) is 21.6 Å². The van der Waals surface area contributed by atoms with Crippen LogP contribution in [0.25, 0.3) is 0 Å². The van der Waals surface area contributed by atoms with Crippen molar-refractivity contribution < 1.29 is 4.79 Å². The summed E-state index contributed by atoms with van der Waals surface area (Å²) < 4.78 is 0.969. The average molecular weight is 368 g/mol. The molecule has 0 atom stereocenters. The molecule has 1 amide bonds. The van der Waals surface area contributed by atoms with Crippen molar-refractivity contribution in [3.63, 3.8) is 0 Å². The van der Waals surface area contributed by atoms with Crippen LogP contribution in [0, 0.1) is 6.92 Å². The van der Waals surface area contributed by atoms with Gasteiger partial charge in [0.2, 0.25) is 5.91 Å². The highest BCUT2D eigenvalue weighted by atomic mass is 79.9. The third-order valence-electron chi connectivity index (χ3n) is 2.54. The molecule has 8 heteroatoms. The van der Waals surface area contributed by atoms with Crippen molar-refractivity contribution in [2.75, 3.05) is 22.5 Å². The first kappa shape index (κ1) is 15.6. The Balaban J connectivity index is 1.95. The number of nitrogens with one attached hydrogen (secondary N) is 1. The van der Waals surface area contributed by atoms with Crippen molar-refractivity contribution in [1.82, 2.24) is 9.97 Å². The predicted molar refractivity (Wildman–Crippen MR) is 89.1 cm³/mol. The Labute approximate surface area is 134 Å². The third-order valence-corrected chi connectivity index (χ3v) is 3.88. The number of thioether (sulfide) groups is 1. The van der Waals surface area contributed by atoms with E-state index in [2.05, 4.69) is 31.2 Å². The van der Waals surface area contributed by atoms with Gasteiger partial charge in [0.25, 0.3) is 0 Å². The number of anilines is 3. The number of nitrogens with zero attached hydrogens (tertiary/aromatic N) is 2. The van der Waals surface area contributed by atoms with Crippen LogP contribution < -0.4 is 16.8 Å². The molecular weight excluding hydrogens is 354 g/mol. The van der Waals surface area contributed by atoms with Crippen molar-refractivity contribution in [2.24, 2.45) is 0 Å². The molecule has 0 saturated heterocycles. The molecule has 2 aromatic rings. The molecule has 0 spiro atoms. The van der Waals surface area contributed by atoms with Gasteiger partial charge in [0.15, 0.2) is 5.16 Å². The molecule has 0 radical (unpaired) electrons. The van der Waals surface area contributed by atoms with E-state index in [0.717, 1.165) is 15.7 Å². The van der Waals surface area contributed by atoms with Crippen LogP contribution in [0.2, 0.25) is 0 Å². The number of nitrogens with two attached hydrogens (primary N) is 2. The summed E-state index contributed by atoms with van der Waals surface area (Å²) in [5, 5.41) is 3.22. The molecule has 0 bridgehead atoms. The second-order valence-electron chi connectivity index (χ2n) is 4.30. The third kappa shape index (κ3) is 4.61. The summed E-state index contributed by atoms with van der Waals surface area (Å²) in [5.74, 6) is 0.608. The SMILES string of the molecule is Cc1cc(Br)ccc1NC(=O)CSc1nc(N)cc(N)n1. The second-order valence-corrected chi connectivity index (χ2v) is 6.15. The molecule has 0 fully saturated rings. The lowest BCUT2D eigenvalue weighted by Crippen LogP contribution is -2.15. The number of aromatic nitrogens is 2. The van der Waals surface area contributed by atoms with Gasteiger partial charge >= 0.3 is 0 Å². The van der Waals surface area contributed by atoms with E-state index in [9.17, 15) is 4.79 Å². The summed E-state index contributed by atoms with van der Waals surface area (Å²) in [6.45, 7) is 1.93. The highest BCUT2D eigenvalue weighted by Crippen LogP contribution is 2.21. The first-order valence-corrected chi connectivity index (χ1v) is 7.81. The number of nitrogen functional groups attached to an aromatic ring is 2. The first-order valence-electron chi connectivity index (χ1n) is 6.03. The molecule has 6 nitrogen and oxygen atoms in total. The summed E-state index contributed by atoms with van der Waals surface area (Å²) in [7, 11) is 0. The van der Waals surface area contributed by atoms with Crippen molar-refractivity contribution in [2.45, 2.75) is 12.1 Å². The fraction of sp³-hybridized carbons (Fsp3) is 0.154. The van der Waals surface area contributed by atoms with Crippen molar-refractivity contribution >= 4 is 50.9 Å². The number of hydrogen-bond acceptors (Lipinski definition) is 6. The van der Waals surface area contributed by atoms with Gasteiger partial charge in [-0.15, -0.1) is 0 Å². The van der Waals surface area contributed by atoms with Gasteiger partial charge in [0, 0.05) is 16.2 Å². The molecule has 21 heavy (non-hydrogen) atoms. The Morgan fingerprint density at radius 3 is 2.57 bits per heavy atom. The summed E-state index contributed by atoms with van der Waals surface area (Å²) in [4.78, 5) is 19.9. The number of hydrogen-bond donors (Lipinski definition) is 3. The number of carbonyl (C=O) groups excluding carboxylic acids is 1. The minimum absolute atomic E-state index is 0.144. The van der Waals surface area contributed by atoms with Gasteiger partial charge < -0.3 is 16.8 Å². The maximum Gasteiger partial charge on any atom is 0.234 e. The quantitative estimate of drug-likeness (QED) is 0.565. The topological polar surface area (TPSA) is 107 Å². The van der Waals surface area contributed by atoms with E-state index in [1.165, 1.54) is 17.8 Å². The Morgan fingerprint density at radius 2 is 1.95 bits per heavy atom. The number of halogens is 1. The Morgan fingerprint density at radius 1 is 1.29 bits per heavy atom. The van der Waals surface area contributed by atoms with E-state index in [1.54, 1.807) is 0 Å². The van der Waals surface area contributed by atoms with Gasteiger partial charge in [-0.25, -0.2) is 9.97 Å². The van der Waals surface area contributed by atoms with Gasteiger partial charge in [0.05, 0.1) is 5.75 Å². The van der Waals surface area contributed by atoms with Crippen LogP contribution in [0.3, 0.4) is 0 Å². The van der Waals surface area contributed by atoms with E-state index in [4.69, 9.17) is 11.5 Å². The zero-order valence-corrected chi connectivity index (χ0v) is 13.7. The van der Waals surface area contributed by atoms with E-state index in [1.807, 2.05) is 25.1 Å². The monoisotopic (exact) mass is 367 g/mol. The maximum absolute atomic E-state index is 11.9. The largest absolute Gasteiger partial charge is 0.383 e. The highest BCUT2D eigenvalue weighted by molar-refractivity contribution is 9.10. The standard InChI is InChI=1S/C13H14BrN5OS/c1-7-4-8(14)2-3-9(7)17-12(20)6-21-13-18-10(15)5-11(16)19-13/h2-5H,6H2,1H3,(H,17,20)(H4,15,16,18,19). The smallest absolute Gasteiger partial charge is 0.234 e. The minimum Gasteiger partial charge on any atom is -0.383 e. The Kier molecular flexibility index (Phi) is 5.03. The summed E-state index contributed by atoms with van der Waals surface area (Å²) >= 11 is 4.56. The molecule has 0 aliphatic rings. The van der Waals surface area contributed by atoms with Crippen molar-refractivity contribution in [3.8, 4) is 0 Å². The Bertz CT molecular complexity index is 659. The summed E-state index contributed by atoms with van der Waals surface area (Å²) in [5.41, 5.74) is 12.9. The number of benzene rings is 1. The van der Waals surface area contributed by atoms with Gasteiger partial charge in [-0.3, -0.25) is 4.79 Å². The molecule has 0 unspecified atom stereocenters. The average Bonchev–Trinajstić information content (AvgIpc) is 2.39. The van der Waals surface area contributed by atoms with Crippen LogP contribution in [0.15, 0.2) is 33.9 Å². The highest BCUT2D eigenvalue weighted by Gasteiger charge is 2.08. The molecule has 0 aliphatic carbocycles. The van der Waals surface area contributed by atoms with E-state index < -0.39 is 0 Å². The fourth-order valence-corrected chi connectivity index (χ4v) is 2.76. The van der Waals surface area contributed by atoms with Crippen LogP contribution >= 0.6 is 27.7 Å². The molecule has 1 aromatic heterocycles. The number of aryl methyl sites for hydroxylation is 1. The van der Waals surface area contributed by atoms with Crippen molar-refractivity contribution in [1.29, 1.82) is 0 Å². The zero-order chi connectivity index (χ0) is 15.4. The number of rotatable bonds is 4. The molecule has 5 N–H and O–H groups in total. The van der Waals surface area contributed by atoms with E-state index in [0.29, 0.717) is 5.16 Å². The van der Waals surface area contributed by atoms with E-state index >= 15 is 0 Å². The van der Waals surface area contributed by atoms with E-state index in [-0.39, 0.29) is 23.3 Å².